The fraction of sp³-hybridized carbons (Fsp3) is 0.381. The van der Waals surface area contributed by atoms with E-state index in [0.29, 0.717) is 6.54 Å². The van der Waals surface area contributed by atoms with Gasteiger partial charge in [-0.15, -0.1) is 0 Å². The molecule has 7 nitrogen and oxygen atoms in total. The SMILES string of the molecule is CC(C)(CCn1cnc2ccccc21)NCC(OS(C)(=O)=O)c1ccc(O)cc1F. The summed E-state index contributed by atoms with van der Waals surface area (Å²) in [5, 5.41) is 12.7. The number of fused-ring (bicyclic) bond motifs is 1. The second kappa shape index (κ2) is 8.71. The summed E-state index contributed by atoms with van der Waals surface area (Å²) in [4.78, 5) is 4.38. The number of hydrogen-bond acceptors (Lipinski definition) is 6. The molecule has 0 aliphatic carbocycles. The molecule has 0 saturated heterocycles. The van der Waals surface area contributed by atoms with Crippen LogP contribution in [0.2, 0.25) is 0 Å². The summed E-state index contributed by atoms with van der Waals surface area (Å²) < 4.78 is 44.9. The average Bonchev–Trinajstić information content (AvgIpc) is 3.06. The lowest BCUT2D eigenvalue weighted by atomic mass is 9.99. The van der Waals surface area contributed by atoms with E-state index in [4.69, 9.17) is 4.18 Å². The molecule has 30 heavy (non-hydrogen) atoms. The first-order valence-corrected chi connectivity index (χ1v) is 11.4. The minimum atomic E-state index is -3.82. The van der Waals surface area contributed by atoms with Crippen molar-refractivity contribution in [2.75, 3.05) is 12.8 Å². The van der Waals surface area contributed by atoms with E-state index in [9.17, 15) is 17.9 Å². The zero-order valence-electron chi connectivity index (χ0n) is 17.2. The molecule has 0 radical (unpaired) electrons. The molecule has 0 bridgehead atoms. The van der Waals surface area contributed by atoms with Crippen molar-refractivity contribution in [3.8, 4) is 5.75 Å². The number of aromatic hydroxyl groups is 1. The minimum absolute atomic E-state index is 0.0575. The second-order valence-corrected chi connectivity index (χ2v) is 9.54. The highest BCUT2D eigenvalue weighted by Gasteiger charge is 2.25. The lowest BCUT2D eigenvalue weighted by molar-refractivity contribution is 0.186. The van der Waals surface area contributed by atoms with E-state index in [1.165, 1.54) is 12.1 Å². The molecule has 1 heterocycles. The Kier molecular flexibility index (Phi) is 6.44. The first-order valence-electron chi connectivity index (χ1n) is 9.56. The van der Waals surface area contributed by atoms with E-state index in [1.54, 1.807) is 6.33 Å². The molecule has 9 heteroatoms. The van der Waals surface area contributed by atoms with E-state index in [0.717, 1.165) is 29.8 Å². The van der Waals surface area contributed by atoms with Gasteiger partial charge in [-0.1, -0.05) is 12.1 Å². The molecular weight excluding hydrogens is 409 g/mol. The van der Waals surface area contributed by atoms with Gasteiger partial charge in [-0.3, -0.25) is 4.18 Å². The number of phenols is 1. The van der Waals surface area contributed by atoms with Crippen LogP contribution in [0.5, 0.6) is 5.75 Å². The van der Waals surface area contributed by atoms with Crippen LogP contribution in [0.25, 0.3) is 11.0 Å². The largest absolute Gasteiger partial charge is 0.508 e. The number of aromatic nitrogens is 2. The molecule has 0 saturated carbocycles. The predicted molar refractivity (Wildman–Crippen MR) is 113 cm³/mol. The van der Waals surface area contributed by atoms with E-state index < -0.39 is 27.6 Å². The number of aryl methyl sites for hydroxylation is 1. The molecule has 2 N–H and O–H groups in total. The third-order valence-corrected chi connectivity index (χ3v) is 5.47. The first-order chi connectivity index (χ1) is 14.0. The van der Waals surface area contributed by atoms with E-state index in [1.807, 2.05) is 38.1 Å². The van der Waals surface area contributed by atoms with Crippen molar-refractivity contribution in [1.82, 2.24) is 14.9 Å². The standard InChI is InChI=1S/C21H26FN3O4S/c1-21(2,10-11-25-14-23-18-6-4-5-7-19(18)25)24-13-20(29-30(3,27)28)16-9-8-15(26)12-17(16)22/h4-9,12,14,20,24,26H,10-11,13H2,1-3H3. The van der Waals surface area contributed by atoms with Crippen molar-refractivity contribution >= 4 is 21.2 Å². The van der Waals surface area contributed by atoms with Crippen LogP contribution in [-0.2, 0) is 20.8 Å². The molecule has 3 rings (SSSR count). The number of halogens is 1. The molecule has 0 fully saturated rings. The van der Waals surface area contributed by atoms with Gasteiger partial charge in [0.2, 0.25) is 0 Å². The van der Waals surface area contributed by atoms with Crippen LogP contribution in [0.3, 0.4) is 0 Å². The van der Waals surface area contributed by atoms with Crippen LogP contribution in [0.15, 0.2) is 48.8 Å². The van der Waals surface area contributed by atoms with Gasteiger partial charge in [-0.25, -0.2) is 9.37 Å². The fourth-order valence-electron chi connectivity index (χ4n) is 3.23. The maximum absolute atomic E-state index is 14.3. The topological polar surface area (TPSA) is 93.5 Å². The highest BCUT2D eigenvalue weighted by atomic mass is 32.2. The number of para-hydroxylation sites is 2. The molecule has 1 aromatic heterocycles. The van der Waals surface area contributed by atoms with Gasteiger partial charge in [-0.2, -0.15) is 8.42 Å². The van der Waals surface area contributed by atoms with Crippen LogP contribution in [0, 0.1) is 5.82 Å². The Bertz CT molecular complexity index is 1130. The van der Waals surface area contributed by atoms with Gasteiger partial charge in [0.05, 0.1) is 23.6 Å². The summed E-state index contributed by atoms with van der Waals surface area (Å²) in [7, 11) is -3.82. The summed E-state index contributed by atoms with van der Waals surface area (Å²) in [6.07, 6.45) is 2.38. The van der Waals surface area contributed by atoms with E-state index in [2.05, 4.69) is 14.9 Å². The Morgan fingerprint density at radius 1 is 1.27 bits per heavy atom. The van der Waals surface area contributed by atoms with Crippen molar-refractivity contribution in [3.63, 3.8) is 0 Å². The van der Waals surface area contributed by atoms with Crippen LogP contribution in [0.1, 0.15) is 31.9 Å². The van der Waals surface area contributed by atoms with Crippen molar-refractivity contribution in [1.29, 1.82) is 0 Å². The van der Waals surface area contributed by atoms with Crippen LogP contribution in [-0.4, -0.2) is 41.4 Å². The number of benzene rings is 2. The second-order valence-electron chi connectivity index (χ2n) is 7.94. The maximum atomic E-state index is 14.3. The van der Waals surface area contributed by atoms with Gasteiger partial charge in [0.1, 0.15) is 17.7 Å². The molecule has 1 atom stereocenters. The van der Waals surface area contributed by atoms with Gasteiger partial charge < -0.3 is 15.0 Å². The average molecular weight is 436 g/mol. The first kappa shape index (κ1) is 22.2. The number of phenolic OH excluding ortho intramolecular Hbond substituents is 1. The summed E-state index contributed by atoms with van der Waals surface area (Å²) in [5.74, 6) is -0.969. The molecule has 2 aromatic carbocycles. The molecule has 162 valence electrons. The van der Waals surface area contributed by atoms with E-state index >= 15 is 0 Å². The molecule has 1 unspecified atom stereocenters. The molecular formula is C21H26FN3O4S. The van der Waals surface area contributed by atoms with Crippen molar-refractivity contribution in [2.45, 2.75) is 38.5 Å². The highest BCUT2D eigenvalue weighted by Crippen LogP contribution is 2.26. The smallest absolute Gasteiger partial charge is 0.265 e. The summed E-state index contributed by atoms with van der Waals surface area (Å²) in [5.41, 5.74) is 1.63. The number of imidazole rings is 1. The minimum Gasteiger partial charge on any atom is -0.508 e. The molecule has 3 aromatic rings. The Labute approximate surface area is 175 Å². The van der Waals surface area contributed by atoms with Gasteiger partial charge in [0.15, 0.2) is 0 Å². The normalized spacial score (nSPS) is 13.6. The summed E-state index contributed by atoms with van der Waals surface area (Å²) in [6, 6.07) is 11.4. The zero-order valence-corrected chi connectivity index (χ0v) is 18.0. The molecule has 0 aliphatic heterocycles. The van der Waals surface area contributed by atoms with Crippen molar-refractivity contribution in [3.05, 3.63) is 60.2 Å². The summed E-state index contributed by atoms with van der Waals surface area (Å²) in [6.45, 7) is 4.74. The number of rotatable bonds is 9. The highest BCUT2D eigenvalue weighted by molar-refractivity contribution is 7.86. The molecule has 0 amide bonds. The van der Waals surface area contributed by atoms with Crippen LogP contribution in [0.4, 0.5) is 4.39 Å². The monoisotopic (exact) mass is 435 g/mol. The van der Waals surface area contributed by atoms with Crippen LogP contribution < -0.4 is 5.32 Å². The Morgan fingerprint density at radius 3 is 2.70 bits per heavy atom. The Hall–Kier alpha value is -2.49. The van der Waals surface area contributed by atoms with Crippen molar-refractivity contribution < 1.29 is 22.1 Å². The molecule has 0 spiro atoms. The lowest BCUT2D eigenvalue weighted by Crippen LogP contribution is -2.43. The number of hydrogen-bond donors (Lipinski definition) is 2. The Balaban J connectivity index is 1.70. The van der Waals surface area contributed by atoms with Gasteiger partial charge in [0.25, 0.3) is 10.1 Å². The quantitative estimate of drug-likeness (QED) is 0.501. The maximum Gasteiger partial charge on any atom is 0.265 e. The fourth-order valence-corrected chi connectivity index (χ4v) is 3.82. The summed E-state index contributed by atoms with van der Waals surface area (Å²) >= 11 is 0. The third-order valence-electron chi connectivity index (χ3n) is 4.89. The Morgan fingerprint density at radius 2 is 2.00 bits per heavy atom. The number of nitrogens with one attached hydrogen (secondary N) is 1. The van der Waals surface area contributed by atoms with E-state index in [-0.39, 0.29) is 17.9 Å². The van der Waals surface area contributed by atoms with Gasteiger partial charge in [-0.05, 0) is 44.5 Å². The third kappa shape index (κ3) is 5.78. The zero-order chi connectivity index (χ0) is 21.9. The lowest BCUT2D eigenvalue weighted by Gasteiger charge is -2.29. The van der Waals surface area contributed by atoms with Crippen LogP contribution >= 0.6 is 0 Å². The number of nitrogens with zero attached hydrogens (tertiary/aromatic N) is 2. The van der Waals surface area contributed by atoms with Gasteiger partial charge in [0, 0.05) is 30.3 Å². The van der Waals surface area contributed by atoms with Crippen molar-refractivity contribution in [2.24, 2.45) is 0 Å². The van der Waals surface area contributed by atoms with Gasteiger partial charge >= 0.3 is 0 Å². The predicted octanol–water partition coefficient (Wildman–Crippen LogP) is 3.36. The molecule has 0 aliphatic rings.